The lowest BCUT2D eigenvalue weighted by Gasteiger charge is -2.18. The van der Waals surface area contributed by atoms with Crippen LogP contribution in [-0.4, -0.2) is 37.5 Å². The number of carbonyl (C=O) groups is 1. The predicted molar refractivity (Wildman–Crippen MR) is 107 cm³/mol. The van der Waals surface area contributed by atoms with Crippen molar-refractivity contribution in [1.82, 2.24) is 4.31 Å². The van der Waals surface area contributed by atoms with Crippen LogP contribution in [0.15, 0.2) is 58.3 Å². The number of nitrogens with one attached hydrogen (secondary N) is 1. The van der Waals surface area contributed by atoms with Gasteiger partial charge in [-0.05, 0) is 43.3 Å². The minimum absolute atomic E-state index is 0.129. The van der Waals surface area contributed by atoms with Crippen LogP contribution in [-0.2, 0) is 14.8 Å². The van der Waals surface area contributed by atoms with E-state index in [-0.39, 0.29) is 10.8 Å². The van der Waals surface area contributed by atoms with Gasteiger partial charge in [-0.25, -0.2) is 8.42 Å². The van der Waals surface area contributed by atoms with E-state index in [9.17, 15) is 13.2 Å². The molecule has 0 bridgehead atoms. The monoisotopic (exact) mass is 392 g/mol. The Bertz CT molecular complexity index is 845. The molecule has 0 aliphatic carbocycles. The quantitative estimate of drug-likeness (QED) is 0.695. The van der Waals surface area contributed by atoms with Gasteiger partial charge in [-0.1, -0.05) is 31.5 Å². The topological polar surface area (TPSA) is 66.5 Å². The van der Waals surface area contributed by atoms with E-state index in [1.165, 1.54) is 28.2 Å². The number of carbonyl (C=O) groups excluding carboxylic acids is 1. The van der Waals surface area contributed by atoms with Gasteiger partial charge in [-0.2, -0.15) is 4.31 Å². The van der Waals surface area contributed by atoms with Crippen molar-refractivity contribution in [2.24, 2.45) is 0 Å². The fourth-order valence-corrected chi connectivity index (χ4v) is 4.75. The van der Waals surface area contributed by atoms with E-state index in [1.807, 2.05) is 45.0 Å². The summed E-state index contributed by atoms with van der Waals surface area (Å²) in [6.07, 6.45) is 0. The van der Waals surface area contributed by atoms with Crippen LogP contribution >= 0.6 is 11.8 Å². The third kappa shape index (κ3) is 5.33. The number of benzene rings is 2. The highest BCUT2D eigenvalue weighted by atomic mass is 32.2. The van der Waals surface area contributed by atoms with Crippen molar-refractivity contribution in [1.29, 1.82) is 0 Å². The standard InChI is InChI=1S/C19H24N2O3S2/c1-4-21(5-2)26(23,24)18-11-9-16(10-12-18)20-19(22)14-25-17-8-6-7-15(3)13-17/h6-13H,4-5,14H2,1-3H3,(H,20,22). The number of hydrogen-bond donors (Lipinski definition) is 1. The Labute approximate surface area is 159 Å². The number of sulfonamides is 1. The predicted octanol–water partition coefficient (Wildman–Crippen LogP) is 3.76. The molecule has 0 spiro atoms. The Morgan fingerprint density at radius 1 is 1.08 bits per heavy atom. The number of anilines is 1. The molecule has 140 valence electrons. The molecule has 0 unspecified atom stereocenters. The molecule has 5 nitrogen and oxygen atoms in total. The van der Waals surface area contributed by atoms with Crippen LogP contribution in [0.5, 0.6) is 0 Å². The summed E-state index contributed by atoms with van der Waals surface area (Å²) in [5, 5.41) is 2.79. The van der Waals surface area contributed by atoms with Gasteiger partial charge >= 0.3 is 0 Å². The Morgan fingerprint density at radius 2 is 1.73 bits per heavy atom. The molecule has 26 heavy (non-hydrogen) atoms. The second-order valence-electron chi connectivity index (χ2n) is 5.77. The van der Waals surface area contributed by atoms with Crippen molar-refractivity contribution in [2.75, 3.05) is 24.2 Å². The van der Waals surface area contributed by atoms with E-state index in [0.29, 0.717) is 24.5 Å². The Kier molecular flexibility index (Phi) is 7.25. The summed E-state index contributed by atoms with van der Waals surface area (Å²) in [5.74, 6) is 0.166. The van der Waals surface area contributed by atoms with E-state index in [2.05, 4.69) is 5.32 Å². The normalized spacial score (nSPS) is 11.5. The molecule has 2 rings (SSSR count). The fourth-order valence-electron chi connectivity index (χ4n) is 2.47. The number of thioether (sulfide) groups is 1. The summed E-state index contributed by atoms with van der Waals surface area (Å²) in [4.78, 5) is 13.4. The summed E-state index contributed by atoms with van der Waals surface area (Å²) in [7, 11) is -3.48. The number of rotatable bonds is 8. The zero-order chi connectivity index (χ0) is 19.2. The largest absolute Gasteiger partial charge is 0.325 e. The minimum atomic E-state index is -3.48. The SMILES string of the molecule is CCN(CC)S(=O)(=O)c1ccc(NC(=O)CSc2cccc(C)c2)cc1. The van der Waals surface area contributed by atoms with Gasteiger partial charge in [0, 0.05) is 23.7 Å². The number of nitrogens with zero attached hydrogens (tertiary/aromatic N) is 1. The van der Waals surface area contributed by atoms with Gasteiger partial charge in [0.1, 0.15) is 0 Å². The zero-order valence-corrected chi connectivity index (χ0v) is 16.9. The summed E-state index contributed by atoms with van der Waals surface area (Å²) in [6, 6.07) is 14.3. The molecule has 1 N–H and O–H groups in total. The van der Waals surface area contributed by atoms with Crippen molar-refractivity contribution in [2.45, 2.75) is 30.6 Å². The van der Waals surface area contributed by atoms with Gasteiger partial charge in [0.2, 0.25) is 15.9 Å². The molecular formula is C19H24N2O3S2. The second-order valence-corrected chi connectivity index (χ2v) is 8.75. The summed E-state index contributed by atoms with van der Waals surface area (Å²) in [6.45, 7) is 6.47. The highest BCUT2D eigenvalue weighted by Gasteiger charge is 2.21. The van der Waals surface area contributed by atoms with Crippen molar-refractivity contribution in [3.05, 3.63) is 54.1 Å². The van der Waals surface area contributed by atoms with Crippen LogP contribution in [0.4, 0.5) is 5.69 Å². The lowest BCUT2D eigenvalue weighted by atomic mass is 10.2. The summed E-state index contributed by atoms with van der Waals surface area (Å²) >= 11 is 1.46. The highest BCUT2D eigenvalue weighted by Crippen LogP contribution is 2.21. The Hall–Kier alpha value is -1.83. The van der Waals surface area contributed by atoms with Crippen LogP contribution in [0.2, 0.25) is 0 Å². The van der Waals surface area contributed by atoms with Crippen molar-refractivity contribution in [3.8, 4) is 0 Å². The zero-order valence-electron chi connectivity index (χ0n) is 15.2. The van der Waals surface area contributed by atoms with Crippen LogP contribution in [0.25, 0.3) is 0 Å². The summed E-state index contributed by atoms with van der Waals surface area (Å²) < 4.78 is 26.3. The molecule has 2 aromatic carbocycles. The fraction of sp³-hybridized carbons (Fsp3) is 0.316. The average molecular weight is 393 g/mol. The molecule has 0 saturated heterocycles. The third-order valence-corrected chi connectivity index (χ3v) is 6.90. The third-order valence-electron chi connectivity index (χ3n) is 3.84. The van der Waals surface area contributed by atoms with E-state index >= 15 is 0 Å². The number of aryl methyl sites for hydroxylation is 1. The minimum Gasteiger partial charge on any atom is -0.325 e. The first-order chi connectivity index (χ1) is 12.4. The maximum absolute atomic E-state index is 12.5. The maximum Gasteiger partial charge on any atom is 0.243 e. The van der Waals surface area contributed by atoms with Crippen LogP contribution in [0.1, 0.15) is 19.4 Å². The number of amides is 1. The molecule has 0 heterocycles. The van der Waals surface area contributed by atoms with Crippen molar-refractivity contribution >= 4 is 33.4 Å². The summed E-state index contributed by atoms with van der Waals surface area (Å²) in [5.41, 5.74) is 1.73. The average Bonchev–Trinajstić information content (AvgIpc) is 2.61. The molecule has 0 radical (unpaired) electrons. The van der Waals surface area contributed by atoms with E-state index < -0.39 is 10.0 Å². The molecule has 0 aliphatic heterocycles. The van der Waals surface area contributed by atoms with E-state index in [0.717, 1.165) is 10.5 Å². The molecule has 0 fully saturated rings. The lowest BCUT2D eigenvalue weighted by Crippen LogP contribution is -2.30. The van der Waals surface area contributed by atoms with Crippen molar-refractivity contribution in [3.63, 3.8) is 0 Å². The molecule has 7 heteroatoms. The van der Waals surface area contributed by atoms with Crippen LogP contribution < -0.4 is 5.32 Å². The van der Waals surface area contributed by atoms with E-state index in [4.69, 9.17) is 0 Å². The van der Waals surface area contributed by atoms with Gasteiger partial charge in [0.15, 0.2) is 0 Å². The molecule has 0 aromatic heterocycles. The van der Waals surface area contributed by atoms with Crippen LogP contribution in [0.3, 0.4) is 0 Å². The first kappa shape index (κ1) is 20.5. The van der Waals surface area contributed by atoms with E-state index in [1.54, 1.807) is 12.1 Å². The Morgan fingerprint density at radius 3 is 2.31 bits per heavy atom. The van der Waals surface area contributed by atoms with Crippen molar-refractivity contribution < 1.29 is 13.2 Å². The number of hydrogen-bond acceptors (Lipinski definition) is 4. The smallest absolute Gasteiger partial charge is 0.243 e. The van der Waals surface area contributed by atoms with Gasteiger partial charge < -0.3 is 5.32 Å². The van der Waals surface area contributed by atoms with Gasteiger partial charge in [0.25, 0.3) is 0 Å². The first-order valence-electron chi connectivity index (χ1n) is 8.46. The highest BCUT2D eigenvalue weighted by molar-refractivity contribution is 8.00. The molecule has 0 atom stereocenters. The molecule has 2 aromatic rings. The maximum atomic E-state index is 12.5. The second kappa shape index (κ2) is 9.21. The van der Waals surface area contributed by atoms with Gasteiger partial charge in [-0.3, -0.25) is 4.79 Å². The van der Waals surface area contributed by atoms with Crippen LogP contribution in [0, 0.1) is 6.92 Å². The van der Waals surface area contributed by atoms with Gasteiger partial charge in [-0.15, -0.1) is 11.8 Å². The molecule has 1 amide bonds. The van der Waals surface area contributed by atoms with Gasteiger partial charge in [0.05, 0.1) is 10.6 Å². The Balaban J connectivity index is 1.97. The first-order valence-corrected chi connectivity index (χ1v) is 10.9. The molecule has 0 saturated carbocycles. The lowest BCUT2D eigenvalue weighted by molar-refractivity contribution is -0.113. The molecule has 0 aliphatic rings. The molecular weight excluding hydrogens is 368 g/mol.